The second kappa shape index (κ2) is 39.8. The number of ether oxygens (including phenoxy) is 2. The van der Waals surface area contributed by atoms with Crippen LogP contribution in [0.1, 0.15) is 233 Å². The van der Waals surface area contributed by atoms with Crippen LogP contribution in [0.3, 0.4) is 0 Å². The lowest BCUT2D eigenvalue weighted by atomic mass is 9.80. The van der Waals surface area contributed by atoms with Crippen LogP contribution in [0.4, 0.5) is 0 Å². The molecule has 17 unspecified atom stereocenters. The number of fused-ring (bicyclic) bond motifs is 7. The number of Topliss-reactive ketones (excluding diaryl/α,β-unsaturated/α-hetero) is 3. The van der Waals surface area contributed by atoms with E-state index in [2.05, 4.69) is 81.0 Å². The fraction of sp³-hybridized carbons (Fsp3) is 0.422. The maximum atomic E-state index is 15.6. The van der Waals surface area contributed by atoms with Crippen LogP contribution in [0.5, 0.6) is 5.75 Å². The van der Waals surface area contributed by atoms with Gasteiger partial charge in [-0.05, 0) is 96.2 Å². The van der Waals surface area contributed by atoms with E-state index in [4.69, 9.17) is 30.2 Å². The largest absolute Gasteiger partial charge is 0.497 e. The highest BCUT2D eigenvalue weighted by molar-refractivity contribution is 8.14. The number of carbonyl (C=O) groups is 13. The summed E-state index contributed by atoms with van der Waals surface area (Å²) in [6.45, 7) is 22.2. The van der Waals surface area contributed by atoms with Gasteiger partial charge in [-0.3, -0.25) is 72.8 Å². The van der Waals surface area contributed by atoms with Crippen LogP contribution in [0.2, 0.25) is 0 Å². The molecule has 13 bridgehead atoms. The lowest BCUT2D eigenvalue weighted by Crippen LogP contribution is -2.54. The molecule has 0 fully saturated rings. The number of carbonyl (C=O) groups excluding carboxylic acids is 13. The van der Waals surface area contributed by atoms with Crippen molar-refractivity contribution >= 4 is 150 Å². The number of nitrogens with two attached hydrogens (primary N) is 1. The zero-order chi connectivity index (χ0) is 91.1. The Kier molecular flexibility index (Phi) is 30.0. The van der Waals surface area contributed by atoms with Gasteiger partial charge in [0, 0.05) is 81.6 Å². The molecule has 4 aliphatic heterocycles. The molecule has 1 aliphatic carbocycles. The Balaban J connectivity index is 1.06. The highest BCUT2D eigenvalue weighted by Crippen LogP contribution is 2.49. The summed E-state index contributed by atoms with van der Waals surface area (Å²) in [5, 5.41) is 87.8. The maximum absolute atomic E-state index is 15.6. The molecule has 9 heterocycles. The molecule has 5 aliphatic rings. The van der Waals surface area contributed by atoms with Crippen molar-refractivity contribution in [1.29, 1.82) is 0 Å². The normalized spacial score (nSPS) is 25.8. The zero-order valence-electron chi connectivity index (χ0n) is 69.6. The Labute approximate surface area is 736 Å². The standard InChI is InChI=1S/C83H95N17O20S5/c1-14-34(3)61-60(106)25-35(4)68(109)86-37(6)58(104)24-36(5)69(110)100-83-23-22-50(78-96-55(32-123-78)72(113)87-38(7)70(111)92-52(67(84)108)28-85-71(112)43-16-18-44(119-13)19-17-43)90-66(83)54-30-124-79(94-54)63(41(10)120-80(117)51-26-46(39(8)101)45-20-21-49(88-61)65(107)64(45)89-51)99-73(114)56-31-121-76(95-56)47(82(12,118)42(11)103)27-59(105)53-29-122-77(93-53)48(15-2)91-75(116)62(40(9)102)98-74(115)57-33-125-81(83)97-57/h15-21,26,28,30-36,39-42,47,49,53,61-63,65-66,88,101-103,107,118H,6-7,14,22-25,27,29H2,1-5,8-13H3,(H2,84,108)(H,85,112)(H,86,109)(H,87,113)(H,91,116)(H,92,111)(H,98,115)(H,99,114)(H,100,110)/b48-15-,52-28?. The van der Waals surface area contributed by atoms with Gasteiger partial charge in [0.05, 0.1) is 82.3 Å². The van der Waals surface area contributed by atoms with Crippen LogP contribution in [0.15, 0.2) is 116 Å². The second-order valence-electron chi connectivity index (χ2n) is 31.0. The number of aliphatic hydroxyl groups excluding tert-OH is 4. The number of cyclic esters (lactones) is 1. The fourth-order valence-electron chi connectivity index (χ4n) is 14.1. The van der Waals surface area contributed by atoms with Gasteiger partial charge in [-0.15, -0.1) is 57.1 Å². The van der Waals surface area contributed by atoms with Gasteiger partial charge in [0.25, 0.3) is 35.4 Å². The smallest absolute Gasteiger partial charge is 0.357 e. The quantitative estimate of drug-likeness (QED) is 0.0493. The van der Waals surface area contributed by atoms with Crippen molar-refractivity contribution in [2.45, 2.75) is 192 Å². The Morgan fingerprint density at radius 1 is 0.792 bits per heavy atom. The van der Waals surface area contributed by atoms with Crippen molar-refractivity contribution in [2.24, 2.45) is 33.5 Å². The molecule has 0 radical (unpaired) electrons. The minimum Gasteiger partial charge on any atom is -0.497 e. The highest BCUT2D eigenvalue weighted by atomic mass is 32.2. The summed E-state index contributed by atoms with van der Waals surface area (Å²) in [7, 11) is 1.44. The van der Waals surface area contributed by atoms with Crippen molar-refractivity contribution in [3.63, 3.8) is 0 Å². The molecule has 0 saturated heterocycles. The summed E-state index contributed by atoms with van der Waals surface area (Å²) in [6.07, 6.45) is -3.65. The summed E-state index contributed by atoms with van der Waals surface area (Å²) in [6, 6.07) is -0.894. The molecule has 662 valence electrons. The van der Waals surface area contributed by atoms with E-state index in [0.717, 1.165) is 63.3 Å². The van der Waals surface area contributed by atoms with Crippen LogP contribution in [-0.2, 0) is 48.6 Å². The minimum absolute atomic E-state index is 0.00849. The number of nitrogens with one attached hydrogen (secondary N) is 9. The molecule has 9 amide bonds. The van der Waals surface area contributed by atoms with E-state index in [-0.39, 0.29) is 107 Å². The third kappa shape index (κ3) is 21.2. The molecule has 42 heteroatoms. The van der Waals surface area contributed by atoms with Crippen LogP contribution < -0.4 is 58.3 Å². The summed E-state index contributed by atoms with van der Waals surface area (Å²) in [4.78, 5) is 220. The van der Waals surface area contributed by atoms with Crippen molar-refractivity contribution in [3.8, 4) is 5.75 Å². The number of nitrogens with zero attached hydrogens (tertiary/aromatic N) is 7. The molecule has 17 atom stereocenters. The number of methoxy groups -OCH3 is 1. The predicted octanol–water partition coefficient (Wildman–Crippen LogP) is 4.61. The number of rotatable bonds is 15. The number of aliphatic hydroxyl groups is 5. The Hall–Kier alpha value is -11.5. The highest BCUT2D eigenvalue weighted by Gasteiger charge is 2.51. The number of aliphatic imine (C=N–C) groups is 2. The number of primary amides is 1. The molecule has 0 spiro atoms. The summed E-state index contributed by atoms with van der Waals surface area (Å²) >= 11 is 4.53. The van der Waals surface area contributed by atoms with Crippen molar-refractivity contribution < 1.29 is 97.3 Å². The summed E-state index contributed by atoms with van der Waals surface area (Å²) in [5.74, 6) is -15.3. The van der Waals surface area contributed by atoms with E-state index in [1.165, 1.54) is 114 Å². The summed E-state index contributed by atoms with van der Waals surface area (Å²) in [5.41, 5.74) is -1.17. The lowest BCUT2D eigenvalue weighted by Gasteiger charge is -2.41. The fourth-order valence-corrected chi connectivity index (χ4v) is 19.0. The van der Waals surface area contributed by atoms with Gasteiger partial charge in [-0.2, -0.15) is 0 Å². The molecule has 125 heavy (non-hydrogen) atoms. The van der Waals surface area contributed by atoms with Crippen molar-refractivity contribution in [2.75, 3.05) is 12.9 Å². The number of ketones is 3. The summed E-state index contributed by atoms with van der Waals surface area (Å²) < 4.78 is 11.4. The van der Waals surface area contributed by atoms with Crippen LogP contribution in [0.25, 0.3) is 6.08 Å². The monoisotopic (exact) mass is 1810 g/mol. The van der Waals surface area contributed by atoms with Crippen LogP contribution in [-0.4, -0.2) is 199 Å². The van der Waals surface area contributed by atoms with E-state index in [1.807, 2.05) is 6.92 Å². The molecular formula is C83H95N17O20S5. The third-order valence-electron chi connectivity index (χ3n) is 22.0. The molecule has 37 nitrogen and oxygen atoms in total. The number of pyridine rings is 1. The van der Waals surface area contributed by atoms with Gasteiger partial charge < -0.3 is 83.3 Å². The first kappa shape index (κ1) is 94.2. The Bertz CT molecular complexity index is 5470. The number of hydrogen-bond donors (Lipinski definition) is 15. The molecule has 0 saturated carbocycles. The van der Waals surface area contributed by atoms with E-state index >= 15 is 14.4 Å². The molecule has 16 N–H and O–H groups in total. The Morgan fingerprint density at radius 2 is 1.48 bits per heavy atom. The topological polar surface area (TPSA) is 565 Å². The minimum atomic E-state index is -2.11. The van der Waals surface area contributed by atoms with Crippen LogP contribution >= 0.6 is 57.1 Å². The number of thiazole rings is 4. The number of allylic oxidation sites excluding steroid dienone is 2. The van der Waals surface area contributed by atoms with Gasteiger partial charge in [-0.25, -0.2) is 29.7 Å². The van der Waals surface area contributed by atoms with Gasteiger partial charge >= 0.3 is 5.97 Å². The second-order valence-corrected chi connectivity index (χ2v) is 35.5. The maximum Gasteiger partial charge on any atom is 0.357 e. The van der Waals surface area contributed by atoms with Gasteiger partial charge in [-0.1, -0.05) is 65.5 Å². The van der Waals surface area contributed by atoms with Crippen molar-refractivity contribution in [3.05, 3.63) is 177 Å². The average molecular weight is 1810 g/mol. The molecule has 11 rings (SSSR count). The van der Waals surface area contributed by atoms with E-state index in [9.17, 15) is 73.5 Å². The average Bonchev–Trinajstić information content (AvgIpc) is 1.63. The predicted molar refractivity (Wildman–Crippen MR) is 461 cm³/mol. The SMILES string of the molecule is C=C1NC(=O)C(C)CC(=O)C(C(C)CC)NC2C=Cc3c(C(C)O)cc(nc3C2O)C(=O)OC(C)C2NC(=O)c3csc(n3)C(C(C)(O)C(C)O)CC(=O)C3CSC(=N3)/C(=C/C)NC(=O)C(C(C)O)NC(=O)c3csc(n3)C3(CCC(c4nc(C(=O)NC(=C)C(=O)NC(=CNC(=O)c5ccc(OC)cc5)C(N)=O)cs4)=NC3c3csc2n3)NC(=O)C(C)CC1=O. The first-order valence-electron chi connectivity index (χ1n) is 39.7. The molecule has 5 aromatic heterocycles. The lowest BCUT2D eigenvalue weighted by molar-refractivity contribution is -0.131. The van der Waals surface area contributed by atoms with Crippen LogP contribution in [0, 0.1) is 17.8 Å². The van der Waals surface area contributed by atoms with Crippen molar-refractivity contribution in [1.82, 2.24) is 72.8 Å². The van der Waals surface area contributed by atoms with E-state index < -0.39 is 214 Å². The number of benzene rings is 1. The molecule has 1 aromatic carbocycles. The van der Waals surface area contributed by atoms with Gasteiger partial charge in [0.15, 0.2) is 17.3 Å². The van der Waals surface area contributed by atoms with Gasteiger partial charge in [0.2, 0.25) is 17.7 Å². The first-order chi connectivity index (χ1) is 59.1. The number of amides is 9. The van der Waals surface area contributed by atoms with Gasteiger partial charge in [0.1, 0.15) is 96.2 Å². The molecule has 6 aromatic rings. The third-order valence-corrected chi connectivity index (χ3v) is 26.9. The van der Waals surface area contributed by atoms with E-state index in [1.54, 1.807) is 26.0 Å². The number of thioether (sulfide) groups is 1. The van der Waals surface area contributed by atoms with E-state index in [0.29, 0.717) is 12.2 Å². The Morgan fingerprint density at radius 3 is 2.15 bits per heavy atom. The number of esters is 1. The molecular weight excluding hydrogens is 1720 g/mol. The number of hydrogen-bond acceptors (Lipinski definition) is 33. The number of aromatic nitrogens is 5. The first-order valence-corrected chi connectivity index (χ1v) is 44.2. The zero-order valence-corrected chi connectivity index (χ0v) is 73.7.